The summed E-state index contributed by atoms with van der Waals surface area (Å²) in [6, 6.07) is 14.7. The average Bonchev–Trinajstić information content (AvgIpc) is 2.55. The Bertz CT molecular complexity index is 704. The minimum absolute atomic E-state index is 0.330. The van der Waals surface area contributed by atoms with Gasteiger partial charge in [0.05, 0.1) is 13.3 Å². The number of hydrogen-bond acceptors (Lipinski definition) is 4. The van der Waals surface area contributed by atoms with Crippen LogP contribution in [-0.2, 0) is 4.79 Å². The average molecular weight is 377 g/mol. The third kappa shape index (κ3) is 5.41. The van der Waals surface area contributed by atoms with Crippen LogP contribution in [0.15, 0.2) is 58.1 Å². The molecule has 6 heteroatoms. The van der Waals surface area contributed by atoms with Crippen LogP contribution in [0.25, 0.3) is 0 Å². The van der Waals surface area contributed by atoms with Gasteiger partial charge in [-0.15, -0.1) is 0 Å². The first-order valence-corrected chi connectivity index (χ1v) is 7.77. The van der Waals surface area contributed by atoms with Gasteiger partial charge in [-0.05, 0) is 42.8 Å². The van der Waals surface area contributed by atoms with Crippen molar-refractivity contribution in [1.82, 2.24) is 5.43 Å². The number of nitrogens with one attached hydrogen (secondary N) is 1. The maximum absolute atomic E-state index is 12.0. The highest BCUT2D eigenvalue weighted by molar-refractivity contribution is 9.10. The Morgan fingerprint density at radius 3 is 2.70 bits per heavy atom. The van der Waals surface area contributed by atoms with Crippen molar-refractivity contribution in [2.45, 2.75) is 13.0 Å². The highest BCUT2D eigenvalue weighted by Crippen LogP contribution is 2.18. The van der Waals surface area contributed by atoms with Crippen molar-refractivity contribution in [3.8, 4) is 11.5 Å². The van der Waals surface area contributed by atoms with E-state index in [0.717, 1.165) is 15.8 Å². The predicted octanol–water partition coefficient (Wildman–Crippen LogP) is 3.38. The first-order chi connectivity index (χ1) is 11.1. The summed E-state index contributed by atoms with van der Waals surface area (Å²) in [5, 5.41) is 3.93. The van der Waals surface area contributed by atoms with Gasteiger partial charge in [-0.25, -0.2) is 5.43 Å². The smallest absolute Gasteiger partial charge is 0.280 e. The molecule has 23 heavy (non-hydrogen) atoms. The van der Waals surface area contributed by atoms with Crippen molar-refractivity contribution in [1.29, 1.82) is 0 Å². The highest BCUT2D eigenvalue weighted by atomic mass is 79.9. The van der Waals surface area contributed by atoms with E-state index in [1.807, 2.05) is 36.4 Å². The van der Waals surface area contributed by atoms with Crippen LogP contribution in [0.3, 0.4) is 0 Å². The molecule has 5 nitrogen and oxygen atoms in total. The van der Waals surface area contributed by atoms with Crippen molar-refractivity contribution in [2.75, 3.05) is 7.11 Å². The zero-order valence-corrected chi connectivity index (χ0v) is 14.4. The molecule has 1 N–H and O–H groups in total. The Kier molecular flexibility index (Phi) is 6.17. The van der Waals surface area contributed by atoms with Gasteiger partial charge in [-0.2, -0.15) is 5.10 Å². The molecule has 120 valence electrons. The molecule has 0 fully saturated rings. The lowest BCUT2D eigenvalue weighted by Gasteiger charge is -2.13. The standard InChI is InChI=1S/C17H17BrN2O3/c1-12(23-16-8-4-6-14(18)10-16)17(21)20-19-11-13-5-3-7-15(9-13)22-2/h3-12H,1-2H3,(H,20,21)/b19-11-/t12-/m0/s1. The van der Waals surface area contributed by atoms with E-state index in [0.29, 0.717) is 5.75 Å². The Hall–Kier alpha value is -2.34. The van der Waals surface area contributed by atoms with E-state index in [-0.39, 0.29) is 5.91 Å². The molecule has 2 rings (SSSR count). The van der Waals surface area contributed by atoms with Crippen LogP contribution in [0.4, 0.5) is 0 Å². The first-order valence-electron chi connectivity index (χ1n) is 6.97. The minimum atomic E-state index is -0.660. The number of methoxy groups -OCH3 is 1. The van der Waals surface area contributed by atoms with Gasteiger partial charge in [-0.1, -0.05) is 34.1 Å². The van der Waals surface area contributed by atoms with Crippen molar-refractivity contribution < 1.29 is 14.3 Å². The third-order valence-electron chi connectivity index (χ3n) is 2.96. The number of halogens is 1. The monoisotopic (exact) mass is 376 g/mol. The van der Waals surface area contributed by atoms with Gasteiger partial charge in [0.2, 0.25) is 0 Å². The van der Waals surface area contributed by atoms with Crippen molar-refractivity contribution >= 4 is 28.1 Å². The topological polar surface area (TPSA) is 59.9 Å². The summed E-state index contributed by atoms with van der Waals surface area (Å²) in [6.07, 6.45) is 0.887. The van der Waals surface area contributed by atoms with E-state index in [2.05, 4.69) is 26.5 Å². The molecule has 0 aliphatic carbocycles. The molecular weight excluding hydrogens is 360 g/mol. The van der Waals surface area contributed by atoms with E-state index in [1.54, 1.807) is 32.4 Å². The van der Waals surface area contributed by atoms with Crippen LogP contribution in [-0.4, -0.2) is 25.3 Å². The lowest BCUT2D eigenvalue weighted by molar-refractivity contribution is -0.127. The van der Waals surface area contributed by atoms with Crippen molar-refractivity contribution in [3.63, 3.8) is 0 Å². The van der Waals surface area contributed by atoms with E-state index in [4.69, 9.17) is 9.47 Å². The molecule has 0 aromatic heterocycles. The Morgan fingerprint density at radius 1 is 1.22 bits per heavy atom. The van der Waals surface area contributed by atoms with Crippen LogP contribution >= 0.6 is 15.9 Å². The van der Waals surface area contributed by atoms with Crippen molar-refractivity contribution in [3.05, 3.63) is 58.6 Å². The van der Waals surface area contributed by atoms with Gasteiger partial charge in [0.25, 0.3) is 5.91 Å². The number of carbonyl (C=O) groups is 1. The van der Waals surface area contributed by atoms with Crippen LogP contribution in [0.2, 0.25) is 0 Å². The van der Waals surface area contributed by atoms with Crippen LogP contribution < -0.4 is 14.9 Å². The lowest BCUT2D eigenvalue weighted by atomic mass is 10.2. The maximum atomic E-state index is 12.0. The fourth-order valence-corrected chi connectivity index (χ4v) is 2.16. The fraction of sp³-hybridized carbons (Fsp3) is 0.176. The zero-order chi connectivity index (χ0) is 16.7. The number of benzene rings is 2. The van der Waals surface area contributed by atoms with Crippen LogP contribution in [0.5, 0.6) is 11.5 Å². The van der Waals surface area contributed by atoms with Gasteiger partial charge in [0.1, 0.15) is 11.5 Å². The number of ether oxygens (including phenoxy) is 2. The summed E-state index contributed by atoms with van der Waals surface area (Å²) in [5.74, 6) is 1.01. The highest BCUT2D eigenvalue weighted by Gasteiger charge is 2.13. The van der Waals surface area contributed by atoms with Gasteiger partial charge in [-0.3, -0.25) is 4.79 Å². The fourth-order valence-electron chi connectivity index (χ4n) is 1.78. The molecule has 2 aromatic rings. The van der Waals surface area contributed by atoms with Gasteiger partial charge >= 0.3 is 0 Å². The molecule has 0 unspecified atom stereocenters. The molecule has 0 heterocycles. The quantitative estimate of drug-likeness (QED) is 0.620. The number of hydrazone groups is 1. The van der Waals surface area contributed by atoms with Crippen molar-refractivity contribution in [2.24, 2.45) is 5.10 Å². The Balaban J connectivity index is 1.89. The molecule has 1 amide bonds. The molecule has 0 bridgehead atoms. The van der Waals surface area contributed by atoms with E-state index < -0.39 is 6.10 Å². The number of amides is 1. The second-order valence-corrected chi connectivity index (χ2v) is 5.64. The summed E-state index contributed by atoms with van der Waals surface area (Å²) < 4.78 is 11.6. The van der Waals surface area contributed by atoms with Crippen LogP contribution in [0.1, 0.15) is 12.5 Å². The molecule has 0 spiro atoms. The minimum Gasteiger partial charge on any atom is -0.497 e. The number of rotatable bonds is 6. The molecular formula is C17H17BrN2O3. The Labute approximate surface area is 143 Å². The third-order valence-corrected chi connectivity index (χ3v) is 3.45. The van der Waals surface area contributed by atoms with Crippen LogP contribution in [0, 0.1) is 0 Å². The van der Waals surface area contributed by atoms with E-state index in [9.17, 15) is 4.79 Å². The second kappa shape index (κ2) is 8.33. The normalized spacial score (nSPS) is 12.0. The molecule has 1 atom stereocenters. The van der Waals surface area contributed by atoms with Gasteiger partial charge in [0, 0.05) is 4.47 Å². The van der Waals surface area contributed by atoms with Gasteiger partial charge < -0.3 is 9.47 Å². The number of carbonyl (C=O) groups excluding carboxylic acids is 1. The first kappa shape index (κ1) is 17.0. The zero-order valence-electron chi connectivity index (χ0n) is 12.8. The Morgan fingerprint density at radius 2 is 1.96 bits per heavy atom. The summed E-state index contributed by atoms with van der Waals surface area (Å²) in [4.78, 5) is 12.0. The van der Waals surface area contributed by atoms with E-state index in [1.165, 1.54) is 0 Å². The summed E-state index contributed by atoms with van der Waals surface area (Å²) in [5.41, 5.74) is 3.28. The summed E-state index contributed by atoms with van der Waals surface area (Å²) in [6.45, 7) is 1.66. The molecule has 2 aromatic carbocycles. The number of nitrogens with zero attached hydrogens (tertiary/aromatic N) is 1. The lowest BCUT2D eigenvalue weighted by Crippen LogP contribution is -2.33. The van der Waals surface area contributed by atoms with Gasteiger partial charge in [0.15, 0.2) is 6.10 Å². The molecule has 0 aliphatic rings. The molecule has 0 radical (unpaired) electrons. The SMILES string of the molecule is COc1cccc(/C=N\NC(=O)[C@H](C)Oc2cccc(Br)c2)c1. The largest absolute Gasteiger partial charge is 0.497 e. The second-order valence-electron chi connectivity index (χ2n) is 4.73. The maximum Gasteiger partial charge on any atom is 0.280 e. The molecule has 0 saturated heterocycles. The number of hydrogen-bond donors (Lipinski definition) is 1. The predicted molar refractivity (Wildman–Crippen MR) is 93.0 cm³/mol. The summed E-state index contributed by atoms with van der Waals surface area (Å²) >= 11 is 3.35. The van der Waals surface area contributed by atoms with E-state index >= 15 is 0 Å². The molecule has 0 saturated carbocycles. The summed E-state index contributed by atoms with van der Waals surface area (Å²) in [7, 11) is 1.60. The molecule has 0 aliphatic heterocycles.